The standard InChI is InChI=1S/C13H11FN2O/c14-11-6-2-1-5-10(11)12(17)8-9-4-3-7-16-13(9)15/h1-7H,8H2,(H2,15,16). The molecule has 1 aromatic carbocycles. The molecule has 2 rings (SSSR count). The first-order chi connectivity index (χ1) is 8.18. The first-order valence-electron chi connectivity index (χ1n) is 5.15. The van der Waals surface area contributed by atoms with Gasteiger partial charge < -0.3 is 5.73 Å². The van der Waals surface area contributed by atoms with Gasteiger partial charge in [0.1, 0.15) is 11.6 Å². The molecule has 0 bridgehead atoms. The second kappa shape index (κ2) is 4.74. The Kier molecular flexibility index (Phi) is 3.14. The number of nitrogens with two attached hydrogens (primary N) is 1. The number of benzene rings is 1. The van der Waals surface area contributed by atoms with E-state index < -0.39 is 5.82 Å². The third-order valence-corrected chi connectivity index (χ3v) is 2.45. The molecule has 0 saturated carbocycles. The average molecular weight is 230 g/mol. The summed E-state index contributed by atoms with van der Waals surface area (Å²) < 4.78 is 13.4. The van der Waals surface area contributed by atoms with Gasteiger partial charge in [0.15, 0.2) is 5.78 Å². The topological polar surface area (TPSA) is 56.0 Å². The van der Waals surface area contributed by atoms with Gasteiger partial charge in [0.2, 0.25) is 0 Å². The van der Waals surface area contributed by atoms with Gasteiger partial charge in [0, 0.05) is 18.2 Å². The quantitative estimate of drug-likeness (QED) is 0.822. The molecule has 0 aliphatic heterocycles. The van der Waals surface area contributed by atoms with Crippen molar-refractivity contribution >= 4 is 11.6 Å². The van der Waals surface area contributed by atoms with E-state index in [4.69, 9.17) is 5.73 Å². The molecule has 0 fully saturated rings. The highest BCUT2D eigenvalue weighted by Crippen LogP contribution is 2.14. The third kappa shape index (κ3) is 2.47. The lowest BCUT2D eigenvalue weighted by atomic mass is 10.0. The van der Waals surface area contributed by atoms with E-state index in [2.05, 4.69) is 4.98 Å². The number of anilines is 1. The summed E-state index contributed by atoms with van der Waals surface area (Å²) in [5.74, 6) is -0.514. The van der Waals surface area contributed by atoms with Gasteiger partial charge in [-0.3, -0.25) is 4.79 Å². The lowest BCUT2D eigenvalue weighted by Gasteiger charge is -2.04. The van der Waals surface area contributed by atoms with Crippen LogP contribution in [0.1, 0.15) is 15.9 Å². The molecular formula is C13H11FN2O. The van der Waals surface area contributed by atoms with Gasteiger partial charge in [0.05, 0.1) is 5.56 Å². The first kappa shape index (κ1) is 11.3. The number of hydrogen-bond donors (Lipinski definition) is 1. The van der Waals surface area contributed by atoms with Crippen LogP contribution in [-0.2, 0) is 6.42 Å². The highest BCUT2D eigenvalue weighted by atomic mass is 19.1. The number of carbonyl (C=O) groups is 1. The lowest BCUT2D eigenvalue weighted by Crippen LogP contribution is -2.08. The maximum absolute atomic E-state index is 13.4. The highest BCUT2D eigenvalue weighted by molar-refractivity contribution is 5.98. The zero-order chi connectivity index (χ0) is 12.3. The SMILES string of the molecule is Nc1ncccc1CC(=O)c1ccccc1F. The van der Waals surface area contributed by atoms with Crippen LogP contribution in [0.3, 0.4) is 0 Å². The minimum atomic E-state index is -0.514. The summed E-state index contributed by atoms with van der Waals surface area (Å²) in [5, 5.41) is 0. The third-order valence-electron chi connectivity index (χ3n) is 2.45. The molecule has 0 aliphatic rings. The molecule has 0 atom stereocenters. The van der Waals surface area contributed by atoms with Crippen LogP contribution in [-0.4, -0.2) is 10.8 Å². The van der Waals surface area contributed by atoms with E-state index in [1.807, 2.05) is 0 Å². The number of nitrogens with zero attached hydrogens (tertiary/aromatic N) is 1. The molecule has 2 aromatic rings. The van der Waals surface area contributed by atoms with Crippen LogP contribution >= 0.6 is 0 Å². The number of hydrogen-bond acceptors (Lipinski definition) is 3. The molecule has 3 nitrogen and oxygen atoms in total. The Bertz CT molecular complexity index is 555. The normalized spacial score (nSPS) is 10.2. The number of pyridine rings is 1. The van der Waals surface area contributed by atoms with Crippen LogP contribution in [0.4, 0.5) is 10.2 Å². The van der Waals surface area contributed by atoms with Crippen molar-refractivity contribution in [2.45, 2.75) is 6.42 Å². The molecule has 0 unspecified atom stereocenters. The van der Waals surface area contributed by atoms with Gasteiger partial charge in [-0.25, -0.2) is 9.37 Å². The molecule has 0 spiro atoms. The molecular weight excluding hydrogens is 219 g/mol. The van der Waals surface area contributed by atoms with Crippen molar-refractivity contribution in [1.82, 2.24) is 4.98 Å². The van der Waals surface area contributed by atoms with Gasteiger partial charge in [-0.2, -0.15) is 0 Å². The van der Waals surface area contributed by atoms with Crippen molar-refractivity contribution in [3.8, 4) is 0 Å². The van der Waals surface area contributed by atoms with Crippen molar-refractivity contribution in [2.24, 2.45) is 0 Å². The van der Waals surface area contributed by atoms with Crippen LogP contribution in [0.15, 0.2) is 42.6 Å². The van der Waals surface area contributed by atoms with Crippen LogP contribution in [0, 0.1) is 5.82 Å². The molecule has 1 aromatic heterocycles. The molecule has 0 amide bonds. The molecule has 0 saturated heterocycles. The second-order valence-corrected chi connectivity index (χ2v) is 3.63. The maximum Gasteiger partial charge on any atom is 0.170 e. The zero-order valence-electron chi connectivity index (χ0n) is 9.06. The first-order valence-corrected chi connectivity index (χ1v) is 5.15. The minimum Gasteiger partial charge on any atom is -0.383 e. The fraction of sp³-hybridized carbons (Fsp3) is 0.0769. The van der Waals surface area contributed by atoms with Crippen LogP contribution in [0.25, 0.3) is 0 Å². The van der Waals surface area contributed by atoms with Crippen molar-refractivity contribution in [2.75, 3.05) is 5.73 Å². The summed E-state index contributed by atoms with van der Waals surface area (Å²) in [7, 11) is 0. The number of aromatic nitrogens is 1. The van der Waals surface area contributed by atoms with Crippen LogP contribution in [0.2, 0.25) is 0 Å². The molecule has 86 valence electrons. The number of halogens is 1. The second-order valence-electron chi connectivity index (χ2n) is 3.63. The van der Waals surface area contributed by atoms with Crippen molar-refractivity contribution in [3.05, 3.63) is 59.5 Å². The van der Waals surface area contributed by atoms with Gasteiger partial charge in [-0.15, -0.1) is 0 Å². The van der Waals surface area contributed by atoms with E-state index >= 15 is 0 Å². The summed E-state index contributed by atoms with van der Waals surface area (Å²) in [4.78, 5) is 15.7. The maximum atomic E-state index is 13.4. The largest absolute Gasteiger partial charge is 0.383 e. The summed E-state index contributed by atoms with van der Waals surface area (Å²) in [6.07, 6.45) is 1.60. The predicted octanol–water partition coefficient (Wildman–Crippen LogP) is 2.23. The van der Waals surface area contributed by atoms with E-state index in [1.165, 1.54) is 12.1 Å². The summed E-state index contributed by atoms with van der Waals surface area (Å²) >= 11 is 0. The van der Waals surface area contributed by atoms with Gasteiger partial charge >= 0.3 is 0 Å². The van der Waals surface area contributed by atoms with Crippen molar-refractivity contribution < 1.29 is 9.18 Å². The minimum absolute atomic E-state index is 0.0562. The molecule has 4 heteroatoms. The molecule has 0 radical (unpaired) electrons. The fourth-order valence-electron chi connectivity index (χ4n) is 1.56. The number of rotatable bonds is 3. The molecule has 0 aliphatic carbocycles. The Morgan fingerprint density at radius 1 is 1.24 bits per heavy atom. The Balaban J connectivity index is 2.24. The smallest absolute Gasteiger partial charge is 0.170 e. The average Bonchev–Trinajstić information content (AvgIpc) is 2.32. The Labute approximate surface area is 98.1 Å². The number of Topliss-reactive ketones (excluding diaryl/α,β-unsaturated/α-hetero) is 1. The van der Waals surface area contributed by atoms with E-state index in [0.717, 1.165) is 0 Å². The molecule has 17 heavy (non-hydrogen) atoms. The van der Waals surface area contributed by atoms with E-state index in [0.29, 0.717) is 11.4 Å². The Hall–Kier alpha value is -2.23. The van der Waals surface area contributed by atoms with Crippen molar-refractivity contribution in [3.63, 3.8) is 0 Å². The summed E-state index contributed by atoms with van der Waals surface area (Å²) in [5.41, 5.74) is 6.32. The van der Waals surface area contributed by atoms with E-state index in [9.17, 15) is 9.18 Å². The predicted molar refractivity (Wildman–Crippen MR) is 63.1 cm³/mol. The molecule has 1 heterocycles. The Morgan fingerprint density at radius 3 is 2.71 bits per heavy atom. The van der Waals surface area contributed by atoms with Crippen LogP contribution in [0.5, 0.6) is 0 Å². The number of nitrogen functional groups attached to an aromatic ring is 1. The van der Waals surface area contributed by atoms with Crippen molar-refractivity contribution in [1.29, 1.82) is 0 Å². The van der Waals surface area contributed by atoms with Crippen LogP contribution < -0.4 is 5.73 Å². The lowest BCUT2D eigenvalue weighted by molar-refractivity contribution is 0.0989. The number of ketones is 1. The summed E-state index contributed by atoms with van der Waals surface area (Å²) in [6, 6.07) is 9.30. The van der Waals surface area contributed by atoms with Gasteiger partial charge in [-0.1, -0.05) is 18.2 Å². The fourth-order valence-corrected chi connectivity index (χ4v) is 1.56. The van der Waals surface area contributed by atoms with E-state index in [-0.39, 0.29) is 17.8 Å². The summed E-state index contributed by atoms with van der Waals surface area (Å²) in [6.45, 7) is 0. The van der Waals surface area contributed by atoms with Gasteiger partial charge in [-0.05, 0) is 18.2 Å². The zero-order valence-corrected chi connectivity index (χ0v) is 9.06. The monoisotopic (exact) mass is 230 g/mol. The van der Waals surface area contributed by atoms with E-state index in [1.54, 1.807) is 30.5 Å². The number of carbonyl (C=O) groups excluding carboxylic acids is 1. The molecule has 2 N–H and O–H groups in total. The van der Waals surface area contributed by atoms with Gasteiger partial charge in [0.25, 0.3) is 0 Å². The Morgan fingerprint density at radius 2 is 2.00 bits per heavy atom. The highest BCUT2D eigenvalue weighted by Gasteiger charge is 2.12.